The number of fused-ring (bicyclic) bond motifs is 1. The Kier molecular flexibility index (Phi) is 5.80. The van der Waals surface area contributed by atoms with Gasteiger partial charge < -0.3 is 20.5 Å². The fourth-order valence-electron chi connectivity index (χ4n) is 4.01. The lowest BCUT2D eigenvalue weighted by Gasteiger charge is -2.25. The third kappa shape index (κ3) is 4.06. The molecule has 1 aliphatic carbocycles. The van der Waals surface area contributed by atoms with Crippen molar-refractivity contribution in [1.82, 2.24) is 19.6 Å². The van der Waals surface area contributed by atoms with Crippen molar-refractivity contribution >= 4 is 28.8 Å². The summed E-state index contributed by atoms with van der Waals surface area (Å²) < 4.78 is 6.91. The number of carbonyl (C=O) groups is 1. The maximum absolute atomic E-state index is 13.0. The van der Waals surface area contributed by atoms with Crippen molar-refractivity contribution in [1.29, 1.82) is 0 Å². The van der Waals surface area contributed by atoms with Crippen LogP contribution in [0.3, 0.4) is 0 Å². The van der Waals surface area contributed by atoms with E-state index in [2.05, 4.69) is 25.7 Å². The molecule has 1 saturated carbocycles. The third-order valence-corrected chi connectivity index (χ3v) is 5.48. The predicted molar refractivity (Wildman–Crippen MR) is 114 cm³/mol. The van der Waals surface area contributed by atoms with Gasteiger partial charge in [0.05, 0.1) is 25.0 Å². The molecular weight excluding hydrogens is 384 g/mol. The summed E-state index contributed by atoms with van der Waals surface area (Å²) in [4.78, 5) is 21.8. The Labute approximate surface area is 174 Å². The molecule has 9 heteroatoms. The summed E-state index contributed by atoms with van der Waals surface area (Å²) in [6.45, 7) is 0. The van der Waals surface area contributed by atoms with Crippen molar-refractivity contribution in [3.05, 3.63) is 36.2 Å². The standard InChI is InChI=1S/C21H26N6O3/c1-22-19-11-18(25-16-7-4-8-23-21(16)30-2)26-20-15(12-24-27(19)20)17(29)10-13-5-3-6-14(28)9-13/h4,7-8,11-14,22,28H,3,5-6,9-10H2,1-2H3,(H,25,26)/t13?,14-/m0/s1. The number of rotatable bonds is 7. The minimum absolute atomic E-state index is 0.00485. The summed E-state index contributed by atoms with van der Waals surface area (Å²) in [5.74, 6) is 1.87. The van der Waals surface area contributed by atoms with Crippen LogP contribution in [0.25, 0.3) is 5.65 Å². The van der Waals surface area contributed by atoms with Gasteiger partial charge in [0.2, 0.25) is 5.88 Å². The van der Waals surface area contributed by atoms with Gasteiger partial charge in [-0.1, -0.05) is 6.42 Å². The number of nitrogens with one attached hydrogen (secondary N) is 2. The molecule has 3 aromatic rings. The van der Waals surface area contributed by atoms with Crippen LogP contribution in [-0.2, 0) is 0 Å². The minimum atomic E-state index is -0.306. The van der Waals surface area contributed by atoms with Gasteiger partial charge in [-0.05, 0) is 37.3 Å². The van der Waals surface area contributed by atoms with Crippen molar-refractivity contribution < 1.29 is 14.6 Å². The van der Waals surface area contributed by atoms with Crippen molar-refractivity contribution in [2.45, 2.75) is 38.2 Å². The van der Waals surface area contributed by atoms with Crippen molar-refractivity contribution in [2.24, 2.45) is 5.92 Å². The number of methoxy groups -OCH3 is 1. The van der Waals surface area contributed by atoms with E-state index < -0.39 is 0 Å². The lowest BCUT2D eigenvalue weighted by atomic mass is 9.83. The molecule has 0 aromatic carbocycles. The molecule has 0 amide bonds. The van der Waals surface area contributed by atoms with Crippen LogP contribution >= 0.6 is 0 Å². The van der Waals surface area contributed by atoms with Crippen molar-refractivity contribution in [3.63, 3.8) is 0 Å². The van der Waals surface area contributed by atoms with E-state index >= 15 is 0 Å². The minimum Gasteiger partial charge on any atom is -0.480 e. The first-order valence-electron chi connectivity index (χ1n) is 10.1. The number of hydrogen-bond acceptors (Lipinski definition) is 8. The summed E-state index contributed by atoms with van der Waals surface area (Å²) in [5.41, 5.74) is 1.63. The summed E-state index contributed by atoms with van der Waals surface area (Å²) in [6, 6.07) is 5.44. The van der Waals surface area contributed by atoms with Gasteiger partial charge >= 0.3 is 0 Å². The quantitative estimate of drug-likeness (QED) is 0.509. The van der Waals surface area contributed by atoms with Crippen LogP contribution in [0, 0.1) is 5.92 Å². The highest BCUT2D eigenvalue weighted by atomic mass is 16.5. The van der Waals surface area contributed by atoms with Crippen LogP contribution in [-0.4, -0.2) is 50.7 Å². The number of pyridine rings is 1. The van der Waals surface area contributed by atoms with E-state index in [1.54, 1.807) is 43.2 Å². The van der Waals surface area contributed by atoms with Crippen LogP contribution in [0.2, 0.25) is 0 Å². The van der Waals surface area contributed by atoms with Crippen LogP contribution < -0.4 is 15.4 Å². The first kappa shape index (κ1) is 20.1. The smallest absolute Gasteiger partial charge is 0.237 e. The van der Waals surface area contributed by atoms with Crippen LogP contribution in [0.5, 0.6) is 5.88 Å². The molecule has 3 heterocycles. The van der Waals surface area contributed by atoms with Gasteiger partial charge in [-0.15, -0.1) is 0 Å². The van der Waals surface area contributed by atoms with E-state index in [0.717, 1.165) is 19.3 Å². The second-order valence-electron chi connectivity index (χ2n) is 7.57. The molecule has 1 aliphatic rings. The Bertz CT molecular complexity index is 1050. The molecular formula is C21H26N6O3. The number of Topliss-reactive ketones (excluding diaryl/α,β-unsaturated/α-hetero) is 1. The average Bonchev–Trinajstić information content (AvgIpc) is 3.17. The molecule has 30 heavy (non-hydrogen) atoms. The summed E-state index contributed by atoms with van der Waals surface area (Å²) in [6.07, 6.45) is 6.72. The summed E-state index contributed by atoms with van der Waals surface area (Å²) >= 11 is 0. The highest BCUT2D eigenvalue weighted by Gasteiger charge is 2.25. The zero-order valence-electron chi connectivity index (χ0n) is 17.1. The number of aromatic nitrogens is 4. The summed E-state index contributed by atoms with van der Waals surface area (Å²) in [7, 11) is 3.34. The maximum Gasteiger partial charge on any atom is 0.237 e. The number of ketones is 1. The molecule has 1 fully saturated rings. The van der Waals surface area contributed by atoms with Crippen LogP contribution in [0.15, 0.2) is 30.6 Å². The van der Waals surface area contributed by atoms with Gasteiger partial charge in [-0.3, -0.25) is 4.79 Å². The van der Waals surface area contributed by atoms with Gasteiger partial charge in [0.15, 0.2) is 11.4 Å². The first-order valence-corrected chi connectivity index (χ1v) is 10.1. The van der Waals surface area contributed by atoms with E-state index in [0.29, 0.717) is 47.3 Å². The number of carbonyl (C=O) groups excluding carboxylic acids is 1. The van der Waals surface area contributed by atoms with Gasteiger partial charge in [0.25, 0.3) is 0 Å². The van der Waals surface area contributed by atoms with Crippen molar-refractivity contribution in [3.8, 4) is 5.88 Å². The fraction of sp³-hybridized carbons (Fsp3) is 0.429. The molecule has 0 spiro atoms. The lowest BCUT2D eigenvalue weighted by molar-refractivity contribution is 0.0825. The number of hydrogen-bond donors (Lipinski definition) is 3. The zero-order chi connectivity index (χ0) is 21.1. The highest BCUT2D eigenvalue weighted by Crippen LogP contribution is 2.30. The number of nitrogens with zero attached hydrogens (tertiary/aromatic N) is 4. The molecule has 3 N–H and O–H groups in total. The topological polar surface area (TPSA) is 114 Å². The second-order valence-corrected chi connectivity index (χ2v) is 7.57. The molecule has 2 atom stereocenters. The van der Waals surface area contributed by atoms with Gasteiger partial charge in [0.1, 0.15) is 17.3 Å². The van der Waals surface area contributed by atoms with Crippen molar-refractivity contribution in [2.75, 3.05) is 24.8 Å². The molecule has 0 saturated heterocycles. The van der Waals surface area contributed by atoms with E-state index in [1.807, 2.05) is 6.07 Å². The molecule has 9 nitrogen and oxygen atoms in total. The molecule has 0 aliphatic heterocycles. The largest absolute Gasteiger partial charge is 0.480 e. The number of aliphatic hydroxyl groups excluding tert-OH is 1. The van der Waals surface area contributed by atoms with E-state index in [4.69, 9.17) is 4.74 Å². The fourth-order valence-corrected chi connectivity index (χ4v) is 4.01. The number of anilines is 3. The Balaban J connectivity index is 1.65. The lowest BCUT2D eigenvalue weighted by Crippen LogP contribution is -2.21. The molecule has 4 rings (SSSR count). The molecule has 1 unspecified atom stereocenters. The van der Waals surface area contributed by atoms with E-state index in [1.165, 1.54) is 0 Å². The highest BCUT2D eigenvalue weighted by molar-refractivity contribution is 6.01. The average molecular weight is 410 g/mol. The molecule has 0 radical (unpaired) electrons. The van der Waals surface area contributed by atoms with Crippen LogP contribution in [0.1, 0.15) is 42.5 Å². The van der Waals surface area contributed by atoms with Gasteiger partial charge in [-0.2, -0.15) is 9.61 Å². The number of ether oxygens (including phenoxy) is 1. The first-order chi connectivity index (χ1) is 14.6. The normalized spacial score (nSPS) is 18.9. The SMILES string of the molecule is CNc1cc(Nc2cccnc2OC)nc2c(C(=O)CC3CCC[C@H](O)C3)cnn12. The molecule has 158 valence electrons. The Hall–Kier alpha value is -3.20. The Morgan fingerprint density at radius 3 is 3.03 bits per heavy atom. The van der Waals surface area contributed by atoms with Crippen LogP contribution in [0.4, 0.5) is 17.3 Å². The van der Waals surface area contributed by atoms with Gasteiger partial charge in [-0.25, -0.2) is 9.97 Å². The monoisotopic (exact) mass is 410 g/mol. The van der Waals surface area contributed by atoms with Gasteiger partial charge in [0, 0.05) is 25.7 Å². The zero-order valence-corrected chi connectivity index (χ0v) is 17.1. The predicted octanol–water partition coefficient (Wildman–Crippen LogP) is 3.04. The third-order valence-electron chi connectivity index (χ3n) is 5.48. The molecule has 0 bridgehead atoms. The van der Waals surface area contributed by atoms with E-state index in [-0.39, 0.29) is 17.8 Å². The van der Waals surface area contributed by atoms with E-state index in [9.17, 15) is 9.90 Å². The Morgan fingerprint density at radius 1 is 1.40 bits per heavy atom. The molecule has 3 aromatic heterocycles. The Morgan fingerprint density at radius 2 is 2.27 bits per heavy atom. The maximum atomic E-state index is 13.0. The number of aliphatic hydroxyl groups is 1. The summed E-state index contributed by atoms with van der Waals surface area (Å²) in [5, 5.41) is 20.6. The second kappa shape index (κ2) is 8.66.